The van der Waals surface area contributed by atoms with Crippen LogP contribution in [-0.4, -0.2) is 94.5 Å². The molecule has 2 aliphatic rings. The first-order valence-corrected chi connectivity index (χ1v) is 14.7. The number of benzene rings is 2. The van der Waals surface area contributed by atoms with E-state index in [4.69, 9.17) is 14.2 Å². The Morgan fingerprint density at radius 1 is 0.951 bits per heavy atom. The van der Waals surface area contributed by atoms with Gasteiger partial charge in [0.05, 0.1) is 13.7 Å². The molecule has 9 nitrogen and oxygen atoms in total. The lowest BCUT2D eigenvalue weighted by molar-refractivity contribution is 0.0653. The second-order valence-electron chi connectivity index (χ2n) is 11.4. The topological polar surface area (TPSA) is 83.6 Å². The summed E-state index contributed by atoms with van der Waals surface area (Å²) in [4.78, 5) is 33.1. The first-order chi connectivity index (χ1) is 19.8. The summed E-state index contributed by atoms with van der Waals surface area (Å²) in [6.07, 6.45) is 2.83. The fraction of sp³-hybridized carbons (Fsp3) is 0.562. The van der Waals surface area contributed by atoms with Gasteiger partial charge in [0.1, 0.15) is 0 Å². The van der Waals surface area contributed by atoms with Gasteiger partial charge in [-0.25, -0.2) is 4.79 Å². The summed E-state index contributed by atoms with van der Waals surface area (Å²) < 4.78 is 16.5. The van der Waals surface area contributed by atoms with E-state index in [1.165, 1.54) is 0 Å². The van der Waals surface area contributed by atoms with Crippen LogP contribution in [0, 0.1) is 11.8 Å². The fourth-order valence-electron chi connectivity index (χ4n) is 5.45. The molecule has 0 radical (unpaired) electrons. The molecule has 2 fully saturated rings. The van der Waals surface area contributed by atoms with Crippen molar-refractivity contribution in [3.05, 3.63) is 54.1 Å². The maximum atomic E-state index is 13.8. The Balaban J connectivity index is 1.45. The van der Waals surface area contributed by atoms with Gasteiger partial charge in [-0.15, -0.1) is 0 Å². The average Bonchev–Trinajstić information content (AvgIpc) is 3.74. The van der Waals surface area contributed by atoms with E-state index in [1.807, 2.05) is 42.3 Å². The molecule has 9 heteroatoms. The minimum atomic E-state index is -0.0334. The summed E-state index contributed by atoms with van der Waals surface area (Å²) in [7, 11) is 5.11. The Kier molecular flexibility index (Phi) is 10.9. The molecular weight excluding hydrogens is 520 g/mol. The molecule has 4 rings (SSSR count). The highest BCUT2D eigenvalue weighted by atomic mass is 16.5. The molecule has 0 spiro atoms. The number of carbonyl (C=O) groups is 2. The van der Waals surface area contributed by atoms with Crippen molar-refractivity contribution in [1.82, 2.24) is 15.1 Å². The van der Waals surface area contributed by atoms with E-state index in [0.29, 0.717) is 49.4 Å². The maximum Gasteiger partial charge on any atom is 0.324 e. The molecule has 0 bridgehead atoms. The second kappa shape index (κ2) is 14.5. The van der Waals surface area contributed by atoms with Crippen molar-refractivity contribution < 1.29 is 23.8 Å². The van der Waals surface area contributed by atoms with Crippen molar-refractivity contribution >= 4 is 17.6 Å². The zero-order valence-corrected chi connectivity index (χ0v) is 25.2. The highest BCUT2D eigenvalue weighted by Gasteiger charge is 2.39. The number of hydrogen-bond donors (Lipinski definition) is 1. The van der Waals surface area contributed by atoms with Crippen molar-refractivity contribution in [3.8, 4) is 11.5 Å². The number of carbonyl (C=O) groups excluding carboxylic acids is 2. The Morgan fingerprint density at radius 2 is 1.66 bits per heavy atom. The molecular formula is C32H46N4O5. The number of nitrogens with zero attached hydrogens (tertiary/aromatic N) is 3. The standard InChI is InChI=1S/C32H46N4O5/c1-23(2)35(31(37)24-12-15-29(40-5)30(18-24)41-17-9-16-39-4)21-25-19-33-20-26(25)22-36(28-13-14-28)32(38)34(3)27-10-7-6-8-11-27/h6-8,10-12,15,18,23,25-26,28,33H,9,13-14,16-17,19-22H2,1-5H3. The van der Waals surface area contributed by atoms with E-state index in [2.05, 4.69) is 24.1 Å². The zero-order valence-electron chi connectivity index (χ0n) is 25.2. The number of methoxy groups -OCH3 is 2. The monoisotopic (exact) mass is 566 g/mol. The van der Waals surface area contributed by atoms with Gasteiger partial charge in [-0.3, -0.25) is 9.69 Å². The SMILES string of the molecule is COCCCOc1cc(C(=O)N(CC2CNCC2CN(C(=O)N(C)c2ccccc2)C2CC2)C(C)C)ccc1OC. The van der Waals surface area contributed by atoms with Crippen molar-refractivity contribution in [2.75, 3.05) is 65.6 Å². The number of amides is 3. The van der Waals surface area contributed by atoms with Gasteiger partial charge in [0.25, 0.3) is 5.91 Å². The summed E-state index contributed by atoms with van der Waals surface area (Å²) in [6.45, 7) is 8.13. The normalized spacial score (nSPS) is 18.3. The van der Waals surface area contributed by atoms with Crippen LogP contribution in [0.5, 0.6) is 11.5 Å². The molecule has 224 valence electrons. The lowest BCUT2D eigenvalue weighted by Gasteiger charge is -2.35. The van der Waals surface area contributed by atoms with Gasteiger partial charge in [0.2, 0.25) is 0 Å². The third kappa shape index (κ3) is 7.92. The molecule has 1 saturated heterocycles. The molecule has 1 saturated carbocycles. The van der Waals surface area contributed by atoms with Crippen molar-refractivity contribution in [2.45, 2.75) is 45.2 Å². The van der Waals surface area contributed by atoms with E-state index < -0.39 is 0 Å². The molecule has 2 atom stereocenters. The summed E-state index contributed by atoms with van der Waals surface area (Å²) in [5, 5.41) is 3.53. The van der Waals surface area contributed by atoms with Crippen molar-refractivity contribution in [1.29, 1.82) is 0 Å². The third-order valence-electron chi connectivity index (χ3n) is 8.05. The molecule has 1 aliphatic heterocycles. The number of para-hydroxylation sites is 1. The second-order valence-corrected chi connectivity index (χ2v) is 11.4. The van der Waals surface area contributed by atoms with Crippen LogP contribution in [0.1, 0.15) is 43.5 Å². The Labute approximate surface area is 244 Å². The van der Waals surface area contributed by atoms with E-state index in [-0.39, 0.29) is 29.8 Å². The summed E-state index contributed by atoms with van der Waals surface area (Å²) in [5.74, 6) is 1.61. The molecule has 2 unspecified atom stereocenters. The highest BCUT2D eigenvalue weighted by molar-refractivity contribution is 5.95. The van der Waals surface area contributed by atoms with Crippen LogP contribution in [0.2, 0.25) is 0 Å². The Hall–Kier alpha value is -3.30. The van der Waals surface area contributed by atoms with Crippen molar-refractivity contribution in [2.24, 2.45) is 11.8 Å². The van der Waals surface area contributed by atoms with Gasteiger partial charge in [0, 0.05) is 76.7 Å². The number of rotatable bonds is 14. The smallest absolute Gasteiger partial charge is 0.324 e. The summed E-state index contributed by atoms with van der Waals surface area (Å²) in [6, 6.07) is 15.5. The minimum Gasteiger partial charge on any atom is -0.493 e. The summed E-state index contributed by atoms with van der Waals surface area (Å²) >= 11 is 0. The molecule has 2 aromatic rings. The predicted molar refractivity (Wildman–Crippen MR) is 161 cm³/mol. The van der Waals surface area contributed by atoms with E-state index in [9.17, 15) is 9.59 Å². The first kappa shape index (κ1) is 30.7. The van der Waals surface area contributed by atoms with Gasteiger partial charge in [-0.2, -0.15) is 0 Å². The molecule has 1 heterocycles. The van der Waals surface area contributed by atoms with Crippen LogP contribution in [0.15, 0.2) is 48.5 Å². The number of hydrogen-bond acceptors (Lipinski definition) is 6. The van der Waals surface area contributed by atoms with Crippen LogP contribution in [0.3, 0.4) is 0 Å². The van der Waals surface area contributed by atoms with Gasteiger partial charge < -0.3 is 29.3 Å². The van der Waals surface area contributed by atoms with E-state index >= 15 is 0 Å². The molecule has 41 heavy (non-hydrogen) atoms. The number of nitrogens with one attached hydrogen (secondary N) is 1. The molecule has 0 aromatic heterocycles. The number of ether oxygens (including phenoxy) is 3. The zero-order chi connectivity index (χ0) is 29.4. The van der Waals surface area contributed by atoms with Crippen LogP contribution >= 0.6 is 0 Å². The number of urea groups is 1. The quantitative estimate of drug-likeness (QED) is 0.339. The van der Waals surface area contributed by atoms with Crippen LogP contribution < -0.4 is 19.7 Å². The van der Waals surface area contributed by atoms with Crippen LogP contribution in [0.4, 0.5) is 10.5 Å². The molecule has 3 amide bonds. The van der Waals surface area contributed by atoms with Gasteiger partial charge in [0.15, 0.2) is 11.5 Å². The van der Waals surface area contributed by atoms with Crippen molar-refractivity contribution in [3.63, 3.8) is 0 Å². The van der Waals surface area contributed by atoms with E-state index in [1.54, 1.807) is 37.3 Å². The highest BCUT2D eigenvalue weighted by Crippen LogP contribution is 2.33. The lowest BCUT2D eigenvalue weighted by atomic mass is 9.94. The van der Waals surface area contributed by atoms with E-state index in [0.717, 1.165) is 38.0 Å². The Bertz CT molecular complexity index is 1140. The maximum absolute atomic E-state index is 13.8. The molecule has 1 aliphatic carbocycles. The number of anilines is 1. The van der Waals surface area contributed by atoms with Crippen LogP contribution in [0.25, 0.3) is 0 Å². The predicted octanol–water partition coefficient (Wildman–Crippen LogP) is 4.52. The molecule has 1 N–H and O–H groups in total. The molecule has 2 aromatic carbocycles. The van der Waals surface area contributed by atoms with Gasteiger partial charge in [-0.05, 0) is 68.9 Å². The fourth-order valence-corrected chi connectivity index (χ4v) is 5.45. The third-order valence-corrected chi connectivity index (χ3v) is 8.05. The largest absolute Gasteiger partial charge is 0.493 e. The summed E-state index contributed by atoms with van der Waals surface area (Å²) in [5.41, 5.74) is 1.46. The van der Waals surface area contributed by atoms with Gasteiger partial charge in [-0.1, -0.05) is 18.2 Å². The lowest BCUT2D eigenvalue weighted by Crippen LogP contribution is -2.47. The first-order valence-electron chi connectivity index (χ1n) is 14.7. The minimum absolute atomic E-state index is 0.0160. The van der Waals surface area contributed by atoms with Gasteiger partial charge >= 0.3 is 6.03 Å². The average molecular weight is 567 g/mol. The Morgan fingerprint density at radius 3 is 2.29 bits per heavy atom. The van der Waals surface area contributed by atoms with Crippen LogP contribution in [-0.2, 0) is 4.74 Å².